The molecule has 0 aromatic carbocycles. The largest absolute Gasteiger partial charge is 0.468 e. The van der Waals surface area contributed by atoms with E-state index in [0.717, 1.165) is 37.6 Å². The summed E-state index contributed by atoms with van der Waals surface area (Å²) in [5.41, 5.74) is 4.19. The predicted molar refractivity (Wildman–Crippen MR) is 82.5 cm³/mol. The summed E-state index contributed by atoms with van der Waals surface area (Å²) in [5, 5.41) is 5.51. The number of hydrogen-bond donors (Lipinski definition) is 1. The lowest BCUT2D eigenvalue weighted by atomic mass is 10.2. The van der Waals surface area contributed by atoms with Crippen molar-refractivity contribution in [2.45, 2.75) is 33.5 Å². The SMILES string of the molecule is CC(C)CNCc1coc(CN(C)Cc2cscn2)c1. The van der Waals surface area contributed by atoms with E-state index in [2.05, 4.69) is 47.5 Å². The minimum atomic E-state index is 0.672. The number of nitrogens with zero attached hydrogens (tertiary/aromatic N) is 2. The zero-order valence-corrected chi connectivity index (χ0v) is 13.2. The van der Waals surface area contributed by atoms with Crippen molar-refractivity contribution in [1.82, 2.24) is 15.2 Å². The van der Waals surface area contributed by atoms with Gasteiger partial charge in [-0.15, -0.1) is 11.3 Å². The predicted octanol–water partition coefficient (Wildman–Crippen LogP) is 3.11. The van der Waals surface area contributed by atoms with Gasteiger partial charge in [0.25, 0.3) is 0 Å². The first-order chi connectivity index (χ1) is 9.63. The van der Waals surface area contributed by atoms with Crippen LogP contribution in [0.25, 0.3) is 0 Å². The molecule has 0 unspecified atom stereocenters. The zero-order valence-electron chi connectivity index (χ0n) is 12.4. The van der Waals surface area contributed by atoms with Crippen molar-refractivity contribution in [3.8, 4) is 0 Å². The molecule has 2 heterocycles. The minimum Gasteiger partial charge on any atom is -0.468 e. The molecule has 0 aliphatic heterocycles. The van der Waals surface area contributed by atoms with Crippen molar-refractivity contribution >= 4 is 11.3 Å². The van der Waals surface area contributed by atoms with Gasteiger partial charge in [-0.2, -0.15) is 0 Å². The summed E-state index contributed by atoms with van der Waals surface area (Å²) < 4.78 is 5.61. The van der Waals surface area contributed by atoms with Crippen LogP contribution in [0.4, 0.5) is 0 Å². The second-order valence-corrected chi connectivity index (χ2v) is 6.32. The standard InChI is InChI=1S/C15H23N3OS/c1-12(2)5-16-6-13-4-15(19-9-13)8-18(3)7-14-10-20-11-17-14/h4,9-12,16H,5-8H2,1-3H3. The first-order valence-corrected chi connectivity index (χ1v) is 7.90. The molecule has 0 aliphatic rings. The smallest absolute Gasteiger partial charge is 0.118 e. The van der Waals surface area contributed by atoms with Crippen molar-refractivity contribution in [1.29, 1.82) is 0 Å². The van der Waals surface area contributed by atoms with Crippen LogP contribution in [0.15, 0.2) is 27.6 Å². The van der Waals surface area contributed by atoms with Gasteiger partial charge in [-0.3, -0.25) is 4.90 Å². The molecule has 0 atom stereocenters. The van der Waals surface area contributed by atoms with Gasteiger partial charge in [-0.1, -0.05) is 13.8 Å². The molecule has 0 spiro atoms. The van der Waals surface area contributed by atoms with Crippen molar-refractivity contribution in [3.63, 3.8) is 0 Å². The molecule has 0 fully saturated rings. The van der Waals surface area contributed by atoms with Crippen LogP contribution in [-0.2, 0) is 19.6 Å². The normalized spacial score (nSPS) is 11.7. The number of nitrogens with one attached hydrogen (secondary N) is 1. The number of thiazole rings is 1. The monoisotopic (exact) mass is 293 g/mol. The van der Waals surface area contributed by atoms with E-state index in [1.54, 1.807) is 11.3 Å². The Balaban J connectivity index is 1.77. The van der Waals surface area contributed by atoms with E-state index in [4.69, 9.17) is 4.42 Å². The summed E-state index contributed by atoms with van der Waals surface area (Å²) >= 11 is 1.63. The summed E-state index contributed by atoms with van der Waals surface area (Å²) in [4.78, 5) is 6.50. The highest BCUT2D eigenvalue weighted by Gasteiger charge is 2.07. The van der Waals surface area contributed by atoms with Crippen molar-refractivity contribution in [2.24, 2.45) is 5.92 Å². The second-order valence-electron chi connectivity index (χ2n) is 5.60. The Morgan fingerprint density at radius 2 is 2.25 bits per heavy atom. The van der Waals surface area contributed by atoms with E-state index >= 15 is 0 Å². The molecule has 0 saturated carbocycles. The van der Waals surface area contributed by atoms with Gasteiger partial charge in [0.15, 0.2) is 0 Å². The van der Waals surface area contributed by atoms with Gasteiger partial charge in [0.1, 0.15) is 5.76 Å². The minimum absolute atomic E-state index is 0.672. The molecule has 4 nitrogen and oxygen atoms in total. The van der Waals surface area contributed by atoms with Crippen molar-refractivity contribution < 1.29 is 4.42 Å². The van der Waals surface area contributed by atoms with E-state index in [-0.39, 0.29) is 0 Å². The third-order valence-electron chi connectivity index (χ3n) is 2.93. The fourth-order valence-electron chi connectivity index (χ4n) is 2.02. The fourth-order valence-corrected chi connectivity index (χ4v) is 2.57. The maximum Gasteiger partial charge on any atom is 0.118 e. The molecular formula is C15H23N3OS. The van der Waals surface area contributed by atoms with Crippen LogP contribution in [0, 0.1) is 5.92 Å². The highest BCUT2D eigenvalue weighted by Crippen LogP contribution is 2.12. The molecule has 20 heavy (non-hydrogen) atoms. The summed E-state index contributed by atoms with van der Waals surface area (Å²) in [6.45, 7) is 7.98. The van der Waals surface area contributed by atoms with E-state index in [9.17, 15) is 0 Å². The van der Waals surface area contributed by atoms with Gasteiger partial charge >= 0.3 is 0 Å². The third kappa shape index (κ3) is 5.07. The number of aromatic nitrogens is 1. The summed E-state index contributed by atoms with van der Waals surface area (Å²) in [7, 11) is 2.08. The van der Waals surface area contributed by atoms with E-state index < -0.39 is 0 Å². The molecule has 2 rings (SSSR count). The number of furan rings is 1. The molecule has 0 saturated heterocycles. The van der Waals surface area contributed by atoms with Crippen LogP contribution in [0.2, 0.25) is 0 Å². The quantitative estimate of drug-likeness (QED) is 0.812. The molecule has 0 bridgehead atoms. The van der Waals surface area contributed by atoms with Crippen LogP contribution >= 0.6 is 11.3 Å². The van der Waals surface area contributed by atoms with Gasteiger partial charge in [0.2, 0.25) is 0 Å². The molecule has 2 aromatic heterocycles. The third-order valence-corrected chi connectivity index (χ3v) is 3.57. The van der Waals surface area contributed by atoms with Crippen molar-refractivity contribution in [2.75, 3.05) is 13.6 Å². The van der Waals surface area contributed by atoms with Crippen LogP contribution in [0.3, 0.4) is 0 Å². The molecule has 1 N–H and O–H groups in total. The average molecular weight is 293 g/mol. The Bertz CT molecular complexity index is 493. The Labute approximate surface area is 124 Å². The van der Waals surface area contributed by atoms with Gasteiger partial charge < -0.3 is 9.73 Å². The van der Waals surface area contributed by atoms with Crippen molar-refractivity contribution in [3.05, 3.63) is 40.2 Å². The molecule has 0 aliphatic carbocycles. The summed E-state index contributed by atoms with van der Waals surface area (Å²) in [5.74, 6) is 1.68. The van der Waals surface area contributed by atoms with Gasteiger partial charge in [-0.25, -0.2) is 4.98 Å². The van der Waals surface area contributed by atoms with E-state index in [0.29, 0.717) is 5.92 Å². The Morgan fingerprint density at radius 1 is 1.40 bits per heavy atom. The second kappa shape index (κ2) is 7.57. The number of rotatable bonds is 8. The average Bonchev–Trinajstić information content (AvgIpc) is 3.01. The lowest BCUT2D eigenvalue weighted by Gasteiger charge is -2.12. The fraction of sp³-hybridized carbons (Fsp3) is 0.533. The topological polar surface area (TPSA) is 41.3 Å². The number of hydrogen-bond acceptors (Lipinski definition) is 5. The van der Waals surface area contributed by atoms with Gasteiger partial charge in [0, 0.05) is 24.0 Å². The van der Waals surface area contributed by atoms with Crippen LogP contribution in [-0.4, -0.2) is 23.5 Å². The van der Waals surface area contributed by atoms with E-state index in [1.807, 2.05) is 11.8 Å². The Morgan fingerprint density at radius 3 is 2.95 bits per heavy atom. The van der Waals surface area contributed by atoms with Crippen LogP contribution < -0.4 is 5.32 Å². The van der Waals surface area contributed by atoms with Gasteiger partial charge in [0.05, 0.1) is 24.0 Å². The van der Waals surface area contributed by atoms with Crippen LogP contribution in [0.1, 0.15) is 30.9 Å². The Hall–Kier alpha value is -1.17. The molecule has 110 valence electrons. The van der Waals surface area contributed by atoms with E-state index in [1.165, 1.54) is 5.56 Å². The van der Waals surface area contributed by atoms with Gasteiger partial charge in [-0.05, 0) is 25.6 Å². The molecule has 0 radical (unpaired) electrons. The lowest BCUT2D eigenvalue weighted by Crippen LogP contribution is -2.18. The highest BCUT2D eigenvalue weighted by atomic mass is 32.1. The zero-order chi connectivity index (χ0) is 14.4. The highest BCUT2D eigenvalue weighted by molar-refractivity contribution is 7.07. The van der Waals surface area contributed by atoms with Crippen LogP contribution in [0.5, 0.6) is 0 Å². The first kappa shape index (κ1) is 15.2. The molecular weight excluding hydrogens is 270 g/mol. The molecule has 5 heteroatoms. The molecule has 0 amide bonds. The Kier molecular flexibility index (Phi) is 5.76. The summed E-state index contributed by atoms with van der Waals surface area (Å²) in [6, 6.07) is 2.13. The summed E-state index contributed by atoms with van der Waals surface area (Å²) in [6.07, 6.45) is 1.85. The maximum absolute atomic E-state index is 5.61. The first-order valence-electron chi connectivity index (χ1n) is 6.96. The lowest BCUT2D eigenvalue weighted by molar-refractivity contribution is 0.285. The maximum atomic E-state index is 5.61. The molecule has 2 aromatic rings.